The Labute approximate surface area is 104 Å². The molecule has 4 nitrogen and oxygen atoms in total. The van der Waals surface area contributed by atoms with Crippen LogP contribution in [0.15, 0.2) is 0 Å². The molecule has 1 atom stereocenters. The normalized spacial score (nSPS) is 22.7. The molecule has 1 saturated carbocycles. The van der Waals surface area contributed by atoms with Gasteiger partial charge in [-0.25, -0.2) is 0 Å². The average Bonchev–Trinajstić information content (AvgIpc) is 3.03. The average molecular weight is 239 g/mol. The highest BCUT2D eigenvalue weighted by molar-refractivity contribution is 5.76. The van der Waals surface area contributed by atoms with Gasteiger partial charge >= 0.3 is 0 Å². The van der Waals surface area contributed by atoms with Crippen LogP contribution in [0.5, 0.6) is 0 Å². The Morgan fingerprint density at radius 2 is 2.06 bits per heavy atom. The van der Waals surface area contributed by atoms with Crippen LogP contribution in [-0.4, -0.2) is 55.0 Å². The van der Waals surface area contributed by atoms with Crippen molar-refractivity contribution < 1.29 is 4.79 Å². The number of hydrogen-bond donors (Lipinski definition) is 1. The van der Waals surface area contributed by atoms with Gasteiger partial charge in [-0.2, -0.15) is 0 Å². The van der Waals surface area contributed by atoms with E-state index in [9.17, 15) is 4.79 Å². The molecule has 17 heavy (non-hydrogen) atoms. The smallest absolute Gasteiger partial charge is 0.223 e. The summed E-state index contributed by atoms with van der Waals surface area (Å²) in [6, 6.07) is 0.279. The number of nitrogens with zero attached hydrogens (tertiary/aromatic N) is 2. The molecule has 2 aliphatic rings. The van der Waals surface area contributed by atoms with E-state index in [0.29, 0.717) is 18.9 Å². The van der Waals surface area contributed by atoms with Crippen LogP contribution >= 0.6 is 0 Å². The second kappa shape index (κ2) is 5.83. The summed E-state index contributed by atoms with van der Waals surface area (Å²) in [6.07, 6.45) is 5.71. The van der Waals surface area contributed by atoms with Crippen molar-refractivity contribution in [3.05, 3.63) is 0 Å². The Morgan fingerprint density at radius 3 is 2.59 bits per heavy atom. The van der Waals surface area contributed by atoms with Crippen molar-refractivity contribution >= 4 is 5.91 Å². The molecule has 1 heterocycles. The highest BCUT2D eigenvalue weighted by Crippen LogP contribution is 2.34. The Hall–Kier alpha value is -0.610. The quantitative estimate of drug-likeness (QED) is 0.741. The first-order valence-electron chi connectivity index (χ1n) is 6.90. The molecule has 0 aromatic carbocycles. The number of amides is 1. The monoisotopic (exact) mass is 239 g/mol. The van der Waals surface area contributed by atoms with E-state index in [-0.39, 0.29) is 11.9 Å². The molecule has 0 spiro atoms. The van der Waals surface area contributed by atoms with E-state index < -0.39 is 0 Å². The molecule has 0 aromatic heterocycles. The van der Waals surface area contributed by atoms with Crippen LogP contribution in [-0.2, 0) is 4.79 Å². The molecule has 1 unspecified atom stereocenters. The van der Waals surface area contributed by atoms with Gasteiger partial charge in [-0.05, 0) is 44.7 Å². The molecule has 1 aliphatic heterocycles. The van der Waals surface area contributed by atoms with Crippen LogP contribution in [0.25, 0.3) is 0 Å². The zero-order valence-corrected chi connectivity index (χ0v) is 10.9. The zero-order valence-electron chi connectivity index (χ0n) is 10.9. The fourth-order valence-electron chi connectivity index (χ4n) is 2.77. The summed E-state index contributed by atoms with van der Waals surface area (Å²) in [5.74, 6) is 0.931. The maximum Gasteiger partial charge on any atom is 0.223 e. The number of nitrogens with two attached hydrogens (primary N) is 1. The summed E-state index contributed by atoms with van der Waals surface area (Å²) >= 11 is 0. The molecule has 1 saturated heterocycles. The maximum absolute atomic E-state index is 12.1. The Balaban J connectivity index is 1.73. The standard InChI is InChI=1S/C13H25N3O/c1-15(12(10-14)11-4-5-11)13(17)6-9-16-7-2-3-8-16/h11-12H,2-10,14H2,1H3. The first kappa shape index (κ1) is 12.8. The topological polar surface area (TPSA) is 49.6 Å². The van der Waals surface area contributed by atoms with E-state index >= 15 is 0 Å². The third-order valence-electron chi connectivity index (χ3n) is 4.14. The van der Waals surface area contributed by atoms with E-state index in [4.69, 9.17) is 5.73 Å². The summed E-state index contributed by atoms with van der Waals surface area (Å²) in [7, 11) is 1.92. The summed E-state index contributed by atoms with van der Waals surface area (Å²) in [6.45, 7) is 3.86. The molecule has 1 aliphatic carbocycles. The fourth-order valence-corrected chi connectivity index (χ4v) is 2.77. The van der Waals surface area contributed by atoms with Crippen LogP contribution in [0.4, 0.5) is 0 Å². The van der Waals surface area contributed by atoms with Crippen LogP contribution in [0, 0.1) is 5.92 Å². The van der Waals surface area contributed by atoms with Crippen molar-refractivity contribution in [3.63, 3.8) is 0 Å². The van der Waals surface area contributed by atoms with E-state index in [1.165, 1.54) is 38.8 Å². The van der Waals surface area contributed by atoms with Crippen LogP contribution in [0.2, 0.25) is 0 Å². The van der Waals surface area contributed by atoms with Gasteiger partial charge in [-0.15, -0.1) is 0 Å². The van der Waals surface area contributed by atoms with Gasteiger partial charge in [0.25, 0.3) is 0 Å². The molecule has 0 radical (unpaired) electrons. The minimum Gasteiger partial charge on any atom is -0.341 e. The van der Waals surface area contributed by atoms with Crippen molar-refractivity contribution in [1.29, 1.82) is 0 Å². The number of likely N-dealkylation sites (tertiary alicyclic amines) is 1. The first-order valence-corrected chi connectivity index (χ1v) is 6.90. The Morgan fingerprint density at radius 1 is 1.41 bits per heavy atom. The molecule has 4 heteroatoms. The second-order valence-corrected chi connectivity index (χ2v) is 5.44. The number of rotatable bonds is 6. The van der Waals surface area contributed by atoms with Gasteiger partial charge in [0, 0.05) is 32.6 Å². The lowest BCUT2D eigenvalue weighted by Crippen LogP contribution is -2.44. The predicted molar refractivity (Wildman–Crippen MR) is 68.6 cm³/mol. The largest absolute Gasteiger partial charge is 0.341 e. The summed E-state index contributed by atoms with van der Waals surface area (Å²) in [4.78, 5) is 16.4. The number of carbonyl (C=O) groups is 1. The molecule has 2 N–H and O–H groups in total. The van der Waals surface area contributed by atoms with Gasteiger partial charge in [-0.3, -0.25) is 4.79 Å². The Kier molecular flexibility index (Phi) is 4.40. The van der Waals surface area contributed by atoms with Crippen molar-refractivity contribution in [3.8, 4) is 0 Å². The van der Waals surface area contributed by atoms with E-state index in [2.05, 4.69) is 4.90 Å². The highest BCUT2D eigenvalue weighted by Gasteiger charge is 2.34. The Bertz CT molecular complexity index is 259. The maximum atomic E-state index is 12.1. The molecule has 1 amide bonds. The lowest BCUT2D eigenvalue weighted by Gasteiger charge is -2.28. The van der Waals surface area contributed by atoms with Gasteiger partial charge in [0.15, 0.2) is 0 Å². The van der Waals surface area contributed by atoms with Gasteiger partial charge in [0.2, 0.25) is 5.91 Å². The van der Waals surface area contributed by atoms with Gasteiger partial charge < -0.3 is 15.5 Å². The van der Waals surface area contributed by atoms with Crippen molar-refractivity contribution in [2.24, 2.45) is 11.7 Å². The molecule has 0 bridgehead atoms. The van der Waals surface area contributed by atoms with Gasteiger partial charge in [0.05, 0.1) is 0 Å². The number of carbonyl (C=O) groups excluding carboxylic acids is 1. The molecule has 0 aromatic rings. The SMILES string of the molecule is CN(C(=O)CCN1CCCC1)C(CN)C1CC1. The predicted octanol–water partition coefficient (Wildman–Crippen LogP) is 0.668. The summed E-state index contributed by atoms with van der Waals surface area (Å²) < 4.78 is 0. The lowest BCUT2D eigenvalue weighted by molar-refractivity contribution is -0.132. The van der Waals surface area contributed by atoms with Crippen LogP contribution in [0.3, 0.4) is 0 Å². The lowest BCUT2D eigenvalue weighted by atomic mass is 10.1. The minimum atomic E-state index is 0.263. The molecule has 2 fully saturated rings. The molecular weight excluding hydrogens is 214 g/mol. The van der Waals surface area contributed by atoms with Crippen LogP contribution < -0.4 is 5.73 Å². The second-order valence-electron chi connectivity index (χ2n) is 5.44. The fraction of sp³-hybridized carbons (Fsp3) is 0.923. The van der Waals surface area contributed by atoms with Crippen molar-refractivity contribution in [2.45, 2.75) is 38.1 Å². The molecular formula is C13H25N3O. The van der Waals surface area contributed by atoms with Gasteiger partial charge in [-0.1, -0.05) is 0 Å². The van der Waals surface area contributed by atoms with Crippen LogP contribution in [0.1, 0.15) is 32.1 Å². The number of hydrogen-bond acceptors (Lipinski definition) is 3. The van der Waals surface area contributed by atoms with E-state index in [0.717, 1.165) is 6.54 Å². The highest BCUT2D eigenvalue weighted by atomic mass is 16.2. The minimum absolute atomic E-state index is 0.263. The molecule has 2 rings (SSSR count). The van der Waals surface area contributed by atoms with Gasteiger partial charge in [0.1, 0.15) is 0 Å². The third-order valence-corrected chi connectivity index (χ3v) is 4.14. The van der Waals surface area contributed by atoms with Crippen molar-refractivity contribution in [1.82, 2.24) is 9.80 Å². The summed E-state index contributed by atoms with van der Waals surface area (Å²) in [5.41, 5.74) is 5.77. The van der Waals surface area contributed by atoms with Crippen molar-refractivity contribution in [2.75, 3.05) is 33.2 Å². The zero-order chi connectivity index (χ0) is 12.3. The third kappa shape index (κ3) is 3.42. The first-order chi connectivity index (χ1) is 8.22. The molecule has 98 valence electrons. The van der Waals surface area contributed by atoms with E-state index in [1.807, 2.05) is 11.9 Å². The number of likely N-dealkylation sites (N-methyl/N-ethyl adjacent to an activating group) is 1. The summed E-state index contributed by atoms with van der Waals surface area (Å²) in [5, 5.41) is 0. The van der Waals surface area contributed by atoms with E-state index in [1.54, 1.807) is 0 Å².